The van der Waals surface area contributed by atoms with Crippen LogP contribution in [0.15, 0.2) is 67.0 Å². The molecule has 3 aromatic heterocycles. The minimum absolute atomic E-state index is 0.257. The van der Waals surface area contributed by atoms with Gasteiger partial charge in [0.2, 0.25) is 0 Å². The topological polar surface area (TPSA) is 30.2 Å². The van der Waals surface area contributed by atoms with Crippen LogP contribution in [0.25, 0.3) is 59.9 Å². The number of hydrogen-bond donors (Lipinski definition) is 0. The van der Waals surface area contributed by atoms with E-state index in [1.807, 2.05) is 0 Å². The highest BCUT2D eigenvalue weighted by Gasteiger charge is 2.22. The van der Waals surface area contributed by atoms with Gasteiger partial charge >= 0.3 is 0 Å². The Balaban J connectivity index is 1.51. The Morgan fingerprint density at radius 2 is 1.65 bits per heavy atom. The van der Waals surface area contributed by atoms with Crippen molar-refractivity contribution in [2.75, 3.05) is 0 Å². The van der Waals surface area contributed by atoms with E-state index in [0.717, 1.165) is 17.5 Å². The van der Waals surface area contributed by atoms with Crippen molar-refractivity contribution < 1.29 is 0 Å². The number of hydrogen-bond acceptors (Lipinski definition) is 2. The molecule has 7 aromatic rings. The molecule has 3 heteroatoms. The van der Waals surface area contributed by atoms with Gasteiger partial charge in [0.15, 0.2) is 0 Å². The van der Waals surface area contributed by atoms with E-state index in [2.05, 4.69) is 90.8 Å². The van der Waals surface area contributed by atoms with E-state index in [0.29, 0.717) is 5.92 Å². The second-order valence-corrected chi connectivity index (χ2v) is 12.5. The maximum Gasteiger partial charge on any atom is 0.116 e. The van der Waals surface area contributed by atoms with Crippen molar-refractivity contribution in [2.24, 2.45) is 5.41 Å². The van der Waals surface area contributed by atoms with Crippen LogP contribution in [0.3, 0.4) is 0 Å². The van der Waals surface area contributed by atoms with Crippen LogP contribution in [0.4, 0.5) is 0 Å². The summed E-state index contributed by atoms with van der Waals surface area (Å²) in [6.45, 7) is 6.91. The molecule has 0 amide bonds. The van der Waals surface area contributed by atoms with E-state index in [1.54, 1.807) is 6.33 Å². The fourth-order valence-corrected chi connectivity index (χ4v) is 7.07. The van der Waals surface area contributed by atoms with Crippen LogP contribution in [-0.4, -0.2) is 14.4 Å². The minimum atomic E-state index is 0.257. The monoisotopic (exact) mass is 481 g/mol. The van der Waals surface area contributed by atoms with Gasteiger partial charge in [0.1, 0.15) is 6.33 Å². The number of aromatic nitrogens is 3. The van der Waals surface area contributed by atoms with E-state index >= 15 is 0 Å². The summed E-state index contributed by atoms with van der Waals surface area (Å²) >= 11 is 0. The van der Waals surface area contributed by atoms with Gasteiger partial charge in [0.25, 0.3) is 0 Å². The largest absolute Gasteiger partial charge is 0.308 e. The molecule has 0 unspecified atom stereocenters. The van der Waals surface area contributed by atoms with Crippen LogP contribution in [-0.2, 0) is 6.42 Å². The Kier molecular flexibility index (Phi) is 4.28. The van der Waals surface area contributed by atoms with Crippen LogP contribution in [0.5, 0.6) is 0 Å². The van der Waals surface area contributed by atoms with Gasteiger partial charge in [0.05, 0.1) is 33.0 Å². The fourth-order valence-electron chi connectivity index (χ4n) is 7.07. The van der Waals surface area contributed by atoms with Crippen molar-refractivity contribution in [2.45, 2.75) is 58.8 Å². The first kappa shape index (κ1) is 21.4. The molecule has 1 aliphatic carbocycles. The summed E-state index contributed by atoms with van der Waals surface area (Å²) in [6, 6.07) is 23.4. The highest BCUT2D eigenvalue weighted by molar-refractivity contribution is 6.27. The first-order valence-electron chi connectivity index (χ1n) is 13.7. The molecule has 8 rings (SSSR count). The summed E-state index contributed by atoms with van der Waals surface area (Å²) < 4.78 is 2.49. The van der Waals surface area contributed by atoms with Gasteiger partial charge in [-0.3, -0.25) is 0 Å². The van der Waals surface area contributed by atoms with E-state index in [1.165, 1.54) is 85.7 Å². The third-order valence-corrected chi connectivity index (χ3v) is 8.63. The molecule has 0 spiro atoms. The van der Waals surface area contributed by atoms with Gasteiger partial charge in [-0.25, -0.2) is 9.97 Å². The second kappa shape index (κ2) is 7.41. The van der Waals surface area contributed by atoms with E-state index in [-0.39, 0.29) is 5.41 Å². The molecule has 3 heterocycles. The molecule has 0 saturated heterocycles. The summed E-state index contributed by atoms with van der Waals surface area (Å²) in [6.07, 6.45) is 8.13. The summed E-state index contributed by atoms with van der Waals surface area (Å²) in [4.78, 5) is 9.56. The Labute approximate surface area is 216 Å². The van der Waals surface area contributed by atoms with Crippen molar-refractivity contribution in [3.63, 3.8) is 0 Å². The predicted octanol–water partition coefficient (Wildman–Crippen LogP) is 9.18. The number of benzene rings is 4. The van der Waals surface area contributed by atoms with Gasteiger partial charge in [-0.15, -0.1) is 0 Å². The summed E-state index contributed by atoms with van der Waals surface area (Å²) in [5, 5.41) is 7.59. The molecule has 0 atom stereocenters. The highest BCUT2D eigenvalue weighted by Crippen LogP contribution is 2.43. The van der Waals surface area contributed by atoms with Crippen LogP contribution < -0.4 is 0 Å². The number of rotatable bonds is 2. The number of fused-ring (bicyclic) bond motifs is 7. The molecule has 0 radical (unpaired) electrons. The molecule has 0 N–H and O–H groups in total. The van der Waals surface area contributed by atoms with Crippen molar-refractivity contribution in [1.29, 1.82) is 0 Å². The zero-order chi connectivity index (χ0) is 24.9. The molecule has 1 saturated carbocycles. The first-order chi connectivity index (χ1) is 17.9. The third-order valence-electron chi connectivity index (χ3n) is 8.63. The lowest BCUT2D eigenvalue weighted by Crippen LogP contribution is -2.08. The molecule has 1 fully saturated rings. The van der Waals surface area contributed by atoms with E-state index < -0.39 is 0 Å². The van der Waals surface area contributed by atoms with E-state index in [4.69, 9.17) is 4.98 Å². The molecule has 3 nitrogen and oxygen atoms in total. The predicted molar refractivity (Wildman–Crippen MR) is 156 cm³/mol. The molecular weight excluding hydrogens is 450 g/mol. The lowest BCUT2D eigenvalue weighted by molar-refractivity contribution is 0.411. The maximum absolute atomic E-state index is 4.88. The summed E-state index contributed by atoms with van der Waals surface area (Å²) in [5.41, 5.74) is 8.97. The summed E-state index contributed by atoms with van der Waals surface area (Å²) in [7, 11) is 0. The van der Waals surface area contributed by atoms with Gasteiger partial charge < -0.3 is 4.40 Å². The first-order valence-corrected chi connectivity index (χ1v) is 13.7. The molecule has 182 valence electrons. The van der Waals surface area contributed by atoms with Gasteiger partial charge in [-0.2, -0.15) is 0 Å². The maximum atomic E-state index is 4.88. The molecule has 1 aliphatic rings. The van der Waals surface area contributed by atoms with Crippen molar-refractivity contribution >= 4 is 59.9 Å². The van der Waals surface area contributed by atoms with Gasteiger partial charge in [-0.05, 0) is 88.9 Å². The Morgan fingerprint density at radius 1 is 0.784 bits per heavy atom. The average Bonchev–Trinajstić information content (AvgIpc) is 3.53. The van der Waals surface area contributed by atoms with Crippen LogP contribution in [0.2, 0.25) is 0 Å². The number of pyridine rings is 1. The minimum Gasteiger partial charge on any atom is -0.308 e. The molecule has 0 bridgehead atoms. The molecular formula is C34H31N3. The Bertz CT molecular complexity index is 2000. The number of nitrogens with zero attached hydrogens (tertiary/aromatic N) is 3. The Hall–Kier alpha value is -3.72. The van der Waals surface area contributed by atoms with Crippen molar-refractivity contribution in [3.8, 4) is 0 Å². The second-order valence-electron chi connectivity index (χ2n) is 12.5. The normalized spacial score (nSPS) is 15.5. The molecule has 4 aromatic carbocycles. The lowest BCUT2D eigenvalue weighted by Gasteiger charge is -2.18. The quantitative estimate of drug-likeness (QED) is 0.182. The van der Waals surface area contributed by atoms with Gasteiger partial charge in [-0.1, -0.05) is 57.9 Å². The standard InChI is InChI=1S/C34H31N3/c1-34(2,3)18-20-8-9-23-17-30-27(16-24(23)14-20)32-31-28(35-19-36-32)12-11-25-26-15-22(21-6-4-5-7-21)10-13-29(26)37(30)33(25)31/h8-17,19,21H,4-7,18H2,1-3H3. The third kappa shape index (κ3) is 3.13. The molecule has 0 aliphatic heterocycles. The van der Waals surface area contributed by atoms with E-state index in [9.17, 15) is 0 Å². The van der Waals surface area contributed by atoms with Gasteiger partial charge in [0, 0.05) is 16.2 Å². The highest BCUT2D eigenvalue weighted by atomic mass is 14.9. The zero-order valence-corrected chi connectivity index (χ0v) is 21.8. The fraction of sp³-hybridized carbons (Fsp3) is 0.294. The van der Waals surface area contributed by atoms with Crippen LogP contribution in [0.1, 0.15) is 63.5 Å². The summed E-state index contributed by atoms with van der Waals surface area (Å²) in [5.74, 6) is 0.700. The lowest BCUT2D eigenvalue weighted by atomic mass is 9.87. The van der Waals surface area contributed by atoms with Crippen molar-refractivity contribution in [3.05, 3.63) is 78.1 Å². The average molecular weight is 482 g/mol. The SMILES string of the molecule is CC(C)(C)Cc1ccc2cc3c(cc2c1)c1ncnc2ccc4c5cc(C6CCCC6)ccc5n3c4c21. The van der Waals surface area contributed by atoms with Crippen LogP contribution >= 0.6 is 0 Å². The smallest absolute Gasteiger partial charge is 0.116 e. The van der Waals surface area contributed by atoms with Crippen LogP contribution in [0, 0.1) is 5.41 Å². The zero-order valence-electron chi connectivity index (χ0n) is 21.8. The molecule has 37 heavy (non-hydrogen) atoms. The van der Waals surface area contributed by atoms with Crippen molar-refractivity contribution in [1.82, 2.24) is 14.4 Å². The Morgan fingerprint density at radius 3 is 2.49 bits per heavy atom.